The lowest BCUT2D eigenvalue weighted by Gasteiger charge is -2.13. The Kier molecular flexibility index (Phi) is 5.29. The maximum absolute atomic E-state index is 13.0. The van der Waals surface area contributed by atoms with Crippen molar-refractivity contribution < 1.29 is 19.1 Å². The number of halogens is 1. The van der Waals surface area contributed by atoms with Crippen molar-refractivity contribution in [1.29, 1.82) is 0 Å². The number of ketones is 1. The minimum absolute atomic E-state index is 0.168. The number of benzene rings is 1. The maximum Gasteiger partial charge on any atom is 0.414 e. The van der Waals surface area contributed by atoms with Crippen LogP contribution in [0, 0.1) is 6.92 Å². The average Bonchev–Trinajstić information content (AvgIpc) is 3.29. The van der Waals surface area contributed by atoms with E-state index in [4.69, 9.17) is 4.74 Å². The topological polar surface area (TPSA) is 93.0 Å². The molecule has 2 aromatic heterocycles. The summed E-state index contributed by atoms with van der Waals surface area (Å²) in [6.45, 7) is 3.94. The highest BCUT2D eigenvalue weighted by atomic mass is 79.9. The molecule has 0 aliphatic carbocycles. The molecule has 8 nitrogen and oxygen atoms in total. The Morgan fingerprint density at radius 2 is 2.03 bits per heavy atom. The standard InChI is InChI=1S/C21H19BrN4O4/c1-12-7-17(22)20-24-9-18(26(20)10-12)19(28)14-3-5-15(6-4-14)25-11-16(30-21(25)29)8-23-13(2)27/h3-7,9-10,16H,8,11H2,1-2H3,(H,23,27)/t16-/m0/s1. The normalized spacial score (nSPS) is 16.0. The van der Waals surface area contributed by atoms with Crippen LogP contribution in [0.15, 0.2) is 47.2 Å². The van der Waals surface area contributed by atoms with Crippen LogP contribution in [0.2, 0.25) is 0 Å². The molecule has 0 radical (unpaired) electrons. The number of imidazole rings is 1. The number of anilines is 1. The highest BCUT2D eigenvalue weighted by Gasteiger charge is 2.32. The second-order valence-electron chi connectivity index (χ2n) is 7.13. The van der Waals surface area contributed by atoms with Gasteiger partial charge < -0.3 is 10.1 Å². The van der Waals surface area contributed by atoms with Crippen LogP contribution in [0.1, 0.15) is 28.5 Å². The lowest BCUT2D eigenvalue weighted by Crippen LogP contribution is -2.33. The number of rotatable bonds is 5. The minimum atomic E-state index is -0.480. The van der Waals surface area contributed by atoms with Crippen LogP contribution in [0.4, 0.5) is 10.5 Å². The molecule has 1 aliphatic rings. The van der Waals surface area contributed by atoms with Crippen molar-refractivity contribution in [2.24, 2.45) is 0 Å². The predicted molar refractivity (Wildman–Crippen MR) is 114 cm³/mol. The molecule has 0 unspecified atom stereocenters. The molecule has 0 spiro atoms. The van der Waals surface area contributed by atoms with E-state index >= 15 is 0 Å². The third-order valence-corrected chi connectivity index (χ3v) is 5.41. The first-order valence-corrected chi connectivity index (χ1v) is 10.1. The van der Waals surface area contributed by atoms with Crippen LogP contribution in [0.3, 0.4) is 0 Å². The van der Waals surface area contributed by atoms with Crippen molar-refractivity contribution in [3.05, 3.63) is 64.0 Å². The minimum Gasteiger partial charge on any atom is -0.442 e. The quantitative estimate of drug-likeness (QED) is 0.578. The summed E-state index contributed by atoms with van der Waals surface area (Å²) < 4.78 is 7.86. The first-order chi connectivity index (χ1) is 14.3. The van der Waals surface area contributed by atoms with E-state index in [9.17, 15) is 14.4 Å². The largest absolute Gasteiger partial charge is 0.442 e. The lowest BCUT2D eigenvalue weighted by atomic mass is 10.1. The summed E-state index contributed by atoms with van der Waals surface area (Å²) in [5, 5.41) is 2.64. The van der Waals surface area contributed by atoms with Crippen molar-refractivity contribution in [1.82, 2.24) is 14.7 Å². The highest BCUT2D eigenvalue weighted by molar-refractivity contribution is 9.10. The van der Waals surface area contributed by atoms with E-state index in [1.807, 2.05) is 19.2 Å². The number of carbonyl (C=O) groups is 3. The Hall–Kier alpha value is -3.20. The molecule has 30 heavy (non-hydrogen) atoms. The number of fused-ring (bicyclic) bond motifs is 1. The van der Waals surface area contributed by atoms with Crippen molar-refractivity contribution in [2.45, 2.75) is 20.0 Å². The van der Waals surface area contributed by atoms with Crippen LogP contribution in [0.5, 0.6) is 0 Å². The van der Waals surface area contributed by atoms with Gasteiger partial charge in [0.25, 0.3) is 0 Å². The lowest BCUT2D eigenvalue weighted by molar-refractivity contribution is -0.119. The number of nitrogens with zero attached hydrogens (tertiary/aromatic N) is 3. The number of nitrogens with one attached hydrogen (secondary N) is 1. The number of ether oxygens (including phenoxy) is 1. The number of carbonyl (C=O) groups excluding carboxylic acids is 3. The summed E-state index contributed by atoms with van der Waals surface area (Å²) >= 11 is 3.48. The van der Waals surface area contributed by atoms with Gasteiger partial charge in [-0.25, -0.2) is 9.78 Å². The Morgan fingerprint density at radius 1 is 1.30 bits per heavy atom. The number of pyridine rings is 1. The van der Waals surface area contributed by atoms with Crippen molar-refractivity contribution in [3.8, 4) is 0 Å². The smallest absolute Gasteiger partial charge is 0.414 e. The van der Waals surface area contributed by atoms with Gasteiger partial charge in [-0.15, -0.1) is 0 Å². The van der Waals surface area contributed by atoms with E-state index < -0.39 is 12.2 Å². The number of cyclic esters (lactones) is 1. The summed E-state index contributed by atoms with van der Waals surface area (Å²) in [4.78, 5) is 42.0. The zero-order chi connectivity index (χ0) is 21.4. The van der Waals surface area contributed by atoms with Crippen LogP contribution in [-0.2, 0) is 9.53 Å². The highest BCUT2D eigenvalue weighted by Crippen LogP contribution is 2.24. The summed E-state index contributed by atoms with van der Waals surface area (Å²) in [6.07, 6.45) is 2.53. The van der Waals surface area contributed by atoms with E-state index in [1.54, 1.807) is 34.9 Å². The van der Waals surface area contributed by atoms with Gasteiger partial charge in [0.15, 0.2) is 5.65 Å². The SMILES string of the molecule is CC(=O)NC[C@H]1CN(c2ccc(C(=O)c3cnc4c(Br)cc(C)cn34)cc2)C(=O)O1. The number of aryl methyl sites for hydroxylation is 1. The predicted octanol–water partition coefficient (Wildman–Crippen LogP) is 3.10. The van der Waals surface area contributed by atoms with Gasteiger partial charge in [0.05, 0.1) is 23.8 Å². The molecule has 4 rings (SSSR count). The van der Waals surface area contributed by atoms with E-state index in [-0.39, 0.29) is 18.2 Å². The van der Waals surface area contributed by atoms with Crippen LogP contribution in [-0.4, -0.2) is 46.4 Å². The van der Waals surface area contributed by atoms with E-state index in [1.165, 1.54) is 11.8 Å². The first-order valence-electron chi connectivity index (χ1n) is 9.34. The average molecular weight is 471 g/mol. The molecule has 3 aromatic rings. The summed E-state index contributed by atoms with van der Waals surface area (Å²) in [5.41, 5.74) is 3.24. The van der Waals surface area contributed by atoms with Crippen molar-refractivity contribution >= 4 is 45.0 Å². The molecule has 9 heteroatoms. The molecule has 1 saturated heterocycles. The molecule has 0 bridgehead atoms. The molecule has 2 amide bonds. The molecule has 1 atom stereocenters. The van der Waals surface area contributed by atoms with Crippen molar-refractivity contribution in [2.75, 3.05) is 18.0 Å². The summed E-state index contributed by atoms with van der Waals surface area (Å²) in [7, 11) is 0. The second-order valence-corrected chi connectivity index (χ2v) is 7.99. The number of aromatic nitrogens is 2. The van der Waals surface area contributed by atoms with Gasteiger partial charge in [-0.2, -0.15) is 0 Å². The fourth-order valence-electron chi connectivity index (χ4n) is 3.38. The molecule has 1 fully saturated rings. The molecular formula is C21H19BrN4O4. The Bertz CT molecular complexity index is 1160. The molecule has 1 N–H and O–H groups in total. The molecule has 0 saturated carbocycles. The first kappa shape index (κ1) is 20.1. The summed E-state index contributed by atoms with van der Waals surface area (Å²) in [5.74, 6) is -0.346. The number of amides is 2. The maximum atomic E-state index is 13.0. The van der Waals surface area contributed by atoms with E-state index in [2.05, 4.69) is 26.2 Å². The number of hydrogen-bond donors (Lipinski definition) is 1. The fraction of sp³-hybridized carbons (Fsp3) is 0.238. The van der Waals surface area contributed by atoms with Crippen molar-refractivity contribution in [3.63, 3.8) is 0 Å². The third kappa shape index (κ3) is 3.80. The van der Waals surface area contributed by atoms with E-state index in [0.717, 1.165) is 10.0 Å². The molecule has 154 valence electrons. The number of hydrogen-bond acceptors (Lipinski definition) is 5. The monoisotopic (exact) mass is 470 g/mol. The Labute approximate surface area is 181 Å². The second kappa shape index (κ2) is 7.91. The van der Waals surface area contributed by atoms with Crippen LogP contribution in [0.25, 0.3) is 5.65 Å². The zero-order valence-electron chi connectivity index (χ0n) is 16.4. The Balaban J connectivity index is 1.54. The zero-order valence-corrected chi connectivity index (χ0v) is 18.0. The summed E-state index contributed by atoms with van der Waals surface area (Å²) in [6, 6.07) is 8.71. The van der Waals surface area contributed by atoms with Gasteiger partial charge in [0.2, 0.25) is 11.7 Å². The fourth-order valence-corrected chi connectivity index (χ4v) is 4.03. The molecule has 1 aliphatic heterocycles. The van der Waals surface area contributed by atoms with E-state index in [0.29, 0.717) is 29.1 Å². The van der Waals surface area contributed by atoms with Gasteiger partial charge >= 0.3 is 6.09 Å². The Morgan fingerprint density at radius 3 is 2.73 bits per heavy atom. The third-order valence-electron chi connectivity index (χ3n) is 4.82. The molecule has 1 aromatic carbocycles. The van der Waals surface area contributed by atoms with Gasteiger partial charge in [-0.1, -0.05) is 0 Å². The van der Waals surface area contributed by atoms with Gasteiger partial charge in [-0.3, -0.25) is 18.9 Å². The molecule has 3 heterocycles. The van der Waals surface area contributed by atoms with Crippen LogP contribution < -0.4 is 10.2 Å². The van der Waals surface area contributed by atoms with Gasteiger partial charge in [0, 0.05) is 24.4 Å². The molecular weight excluding hydrogens is 452 g/mol. The van der Waals surface area contributed by atoms with Crippen LogP contribution >= 0.6 is 15.9 Å². The van der Waals surface area contributed by atoms with Gasteiger partial charge in [-0.05, 0) is 58.7 Å². The van der Waals surface area contributed by atoms with Gasteiger partial charge in [0.1, 0.15) is 11.8 Å².